The van der Waals surface area contributed by atoms with Crippen molar-refractivity contribution in [2.45, 2.75) is 58.1 Å². The number of rotatable bonds is 12. The molecule has 39 heavy (non-hydrogen) atoms. The van der Waals surface area contributed by atoms with Gasteiger partial charge in [0.25, 0.3) is 17.7 Å². The fraction of sp³-hybridized carbons (Fsp3) is 0.538. The number of nitrogens with zero attached hydrogens (tertiary/aromatic N) is 1. The lowest BCUT2D eigenvalue weighted by atomic mass is 10.0. The van der Waals surface area contributed by atoms with Crippen LogP contribution in [-0.4, -0.2) is 85.1 Å². The van der Waals surface area contributed by atoms with E-state index in [0.717, 1.165) is 4.90 Å². The Morgan fingerprint density at radius 2 is 1.72 bits per heavy atom. The minimum absolute atomic E-state index is 0.0175. The third-order valence-electron chi connectivity index (χ3n) is 5.71. The third kappa shape index (κ3) is 8.24. The predicted molar refractivity (Wildman–Crippen MR) is 136 cm³/mol. The summed E-state index contributed by atoms with van der Waals surface area (Å²) in [5.41, 5.74) is -0.498. The van der Waals surface area contributed by atoms with Gasteiger partial charge in [-0.05, 0) is 52.2 Å². The quantitative estimate of drug-likeness (QED) is 0.255. The average molecular weight is 547 g/mol. The van der Waals surface area contributed by atoms with Crippen molar-refractivity contribution >= 4 is 35.6 Å². The summed E-state index contributed by atoms with van der Waals surface area (Å²) in [5.74, 6) is -2.89. The molecule has 0 aliphatic carbocycles. The van der Waals surface area contributed by atoms with E-state index in [1.807, 2.05) is 0 Å². The molecule has 0 aromatic heterocycles. The Morgan fingerprint density at radius 1 is 1.03 bits per heavy atom. The van der Waals surface area contributed by atoms with Gasteiger partial charge in [-0.2, -0.15) is 0 Å². The first kappa shape index (κ1) is 29.6. The van der Waals surface area contributed by atoms with Crippen molar-refractivity contribution in [3.63, 3.8) is 0 Å². The van der Waals surface area contributed by atoms with Crippen LogP contribution in [0.4, 0.5) is 4.79 Å². The highest BCUT2D eigenvalue weighted by molar-refractivity contribution is 6.24. The Balaban J connectivity index is 1.36. The molecule has 0 radical (unpaired) electrons. The molecule has 1 aromatic rings. The van der Waals surface area contributed by atoms with E-state index in [2.05, 4.69) is 16.0 Å². The van der Waals surface area contributed by atoms with Crippen molar-refractivity contribution < 1.29 is 43.0 Å². The second-order valence-electron chi connectivity index (χ2n) is 10.0. The van der Waals surface area contributed by atoms with E-state index >= 15 is 0 Å². The van der Waals surface area contributed by atoms with E-state index < -0.39 is 47.3 Å². The minimum Gasteiger partial charge on any atom is -0.483 e. The lowest BCUT2D eigenvalue weighted by Crippen LogP contribution is -2.54. The van der Waals surface area contributed by atoms with Gasteiger partial charge in [-0.15, -0.1) is 0 Å². The number of imide groups is 2. The molecule has 1 atom stereocenters. The lowest BCUT2D eigenvalue weighted by molar-refractivity contribution is -0.136. The molecular formula is C26H34N4O9. The molecule has 13 nitrogen and oxygen atoms in total. The van der Waals surface area contributed by atoms with Crippen LogP contribution in [0.25, 0.3) is 0 Å². The number of benzene rings is 1. The first-order chi connectivity index (χ1) is 18.5. The summed E-state index contributed by atoms with van der Waals surface area (Å²) in [5, 5.41) is 7.47. The molecule has 0 bridgehead atoms. The Bertz CT molecular complexity index is 1130. The molecule has 2 aliphatic rings. The standard InChI is InChI=1S/C26H34N4O9/c1-26(2,3)39-25(36)28-12-6-14-37-13-5-11-27-20(32)15-38-18-8-4-7-16-21(18)24(35)30(23(16)34)17-9-10-19(31)29-22(17)33/h4,7-8,17H,5-6,9-15H2,1-3H3,(H,27,32)(H,28,36)(H,29,31,33). The fourth-order valence-electron chi connectivity index (χ4n) is 3.98. The second kappa shape index (κ2) is 13.2. The number of nitrogens with one attached hydrogen (secondary N) is 3. The Morgan fingerprint density at radius 3 is 2.38 bits per heavy atom. The fourth-order valence-corrected chi connectivity index (χ4v) is 3.98. The van der Waals surface area contributed by atoms with Crippen LogP contribution in [0.15, 0.2) is 18.2 Å². The molecule has 1 unspecified atom stereocenters. The maximum absolute atomic E-state index is 13.0. The van der Waals surface area contributed by atoms with Crippen molar-refractivity contribution in [2.24, 2.45) is 0 Å². The normalized spacial score (nSPS) is 17.0. The number of ether oxygens (including phenoxy) is 3. The van der Waals surface area contributed by atoms with E-state index in [1.165, 1.54) is 18.2 Å². The van der Waals surface area contributed by atoms with Gasteiger partial charge >= 0.3 is 6.09 Å². The second-order valence-corrected chi connectivity index (χ2v) is 10.0. The summed E-state index contributed by atoms with van der Waals surface area (Å²) >= 11 is 0. The number of carbonyl (C=O) groups excluding carboxylic acids is 6. The van der Waals surface area contributed by atoms with Crippen LogP contribution < -0.4 is 20.7 Å². The van der Waals surface area contributed by atoms with Crippen molar-refractivity contribution in [1.29, 1.82) is 0 Å². The van der Waals surface area contributed by atoms with Gasteiger partial charge in [0.05, 0.1) is 11.1 Å². The molecule has 3 N–H and O–H groups in total. The molecule has 0 spiro atoms. The summed E-state index contributed by atoms with van der Waals surface area (Å²) in [4.78, 5) is 74.2. The van der Waals surface area contributed by atoms with Gasteiger partial charge in [0.15, 0.2) is 6.61 Å². The topological polar surface area (TPSA) is 169 Å². The smallest absolute Gasteiger partial charge is 0.407 e. The van der Waals surface area contributed by atoms with Crippen LogP contribution in [-0.2, 0) is 23.9 Å². The highest BCUT2D eigenvalue weighted by Gasteiger charge is 2.46. The predicted octanol–water partition coefficient (Wildman–Crippen LogP) is 0.904. The molecule has 2 aliphatic heterocycles. The van der Waals surface area contributed by atoms with Crippen molar-refractivity contribution in [2.75, 3.05) is 32.9 Å². The van der Waals surface area contributed by atoms with E-state index in [9.17, 15) is 28.8 Å². The van der Waals surface area contributed by atoms with Crippen LogP contribution in [0.2, 0.25) is 0 Å². The monoisotopic (exact) mass is 546 g/mol. The Labute approximate surface area is 225 Å². The number of alkyl carbamates (subject to hydrolysis) is 1. The summed E-state index contributed by atoms with van der Waals surface area (Å²) < 4.78 is 16.2. The van der Waals surface area contributed by atoms with Crippen molar-refractivity contribution in [3.8, 4) is 5.75 Å². The molecule has 212 valence electrons. The third-order valence-corrected chi connectivity index (χ3v) is 5.71. The van der Waals surface area contributed by atoms with E-state index in [4.69, 9.17) is 14.2 Å². The summed E-state index contributed by atoms with van der Waals surface area (Å²) in [6.07, 6.45) is 0.754. The molecule has 13 heteroatoms. The number of hydrogen-bond acceptors (Lipinski definition) is 9. The number of hydrogen-bond donors (Lipinski definition) is 3. The number of amides is 6. The van der Waals surface area contributed by atoms with Gasteiger partial charge < -0.3 is 24.8 Å². The van der Waals surface area contributed by atoms with Crippen LogP contribution in [0.3, 0.4) is 0 Å². The van der Waals surface area contributed by atoms with Crippen molar-refractivity contribution in [3.05, 3.63) is 29.3 Å². The van der Waals surface area contributed by atoms with Gasteiger partial charge in [-0.3, -0.25) is 34.2 Å². The first-order valence-electron chi connectivity index (χ1n) is 12.8. The van der Waals surface area contributed by atoms with Crippen LogP contribution in [0, 0.1) is 0 Å². The van der Waals surface area contributed by atoms with Crippen LogP contribution in [0.5, 0.6) is 5.75 Å². The van der Waals surface area contributed by atoms with Gasteiger partial charge in [0, 0.05) is 32.7 Å². The lowest BCUT2D eigenvalue weighted by Gasteiger charge is -2.27. The first-order valence-corrected chi connectivity index (χ1v) is 12.8. The molecule has 1 aromatic carbocycles. The minimum atomic E-state index is -1.09. The molecule has 0 saturated carbocycles. The highest BCUT2D eigenvalue weighted by atomic mass is 16.6. The maximum atomic E-state index is 13.0. The molecule has 2 heterocycles. The number of fused-ring (bicyclic) bond motifs is 1. The van der Waals surface area contributed by atoms with Crippen LogP contribution >= 0.6 is 0 Å². The average Bonchev–Trinajstić information content (AvgIpc) is 3.11. The Kier molecular flexibility index (Phi) is 9.99. The van der Waals surface area contributed by atoms with Crippen LogP contribution in [0.1, 0.15) is 67.2 Å². The van der Waals surface area contributed by atoms with Crippen molar-refractivity contribution in [1.82, 2.24) is 20.9 Å². The zero-order valence-corrected chi connectivity index (χ0v) is 22.3. The molecule has 3 rings (SSSR count). The van der Waals surface area contributed by atoms with E-state index in [0.29, 0.717) is 39.1 Å². The largest absolute Gasteiger partial charge is 0.483 e. The van der Waals surface area contributed by atoms with E-state index in [1.54, 1.807) is 20.8 Å². The molecule has 6 amide bonds. The Hall–Kier alpha value is -4.00. The number of piperidine rings is 1. The van der Waals surface area contributed by atoms with E-state index in [-0.39, 0.29) is 36.3 Å². The summed E-state index contributed by atoms with van der Waals surface area (Å²) in [6.45, 7) is 6.59. The highest BCUT2D eigenvalue weighted by Crippen LogP contribution is 2.33. The van der Waals surface area contributed by atoms with Gasteiger partial charge in [-0.1, -0.05) is 6.07 Å². The SMILES string of the molecule is CC(C)(C)OC(=O)NCCCOCCCNC(=O)COc1cccc2c1C(=O)N(C1CCC(=O)NC1=O)C2=O. The zero-order valence-electron chi connectivity index (χ0n) is 22.3. The molecular weight excluding hydrogens is 512 g/mol. The summed E-state index contributed by atoms with van der Waals surface area (Å²) in [7, 11) is 0. The molecule has 1 fully saturated rings. The van der Waals surface area contributed by atoms with Gasteiger partial charge in [0.2, 0.25) is 11.8 Å². The summed E-state index contributed by atoms with van der Waals surface area (Å²) in [6, 6.07) is 3.35. The number of carbonyl (C=O) groups is 6. The molecule has 1 saturated heterocycles. The maximum Gasteiger partial charge on any atom is 0.407 e. The zero-order chi connectivity index (χ0) is 28.6. The van der Waals surface area contributed by atoms with Gasteiger partial charge in [0.1, 0.15) is 17.4 Å². The van der Waals surface area contributed by atoms with Gasteiger partial charge in [-0.25, -0.2) is 4.79 Å².